The molecule has 9 heteroatoms. The van der Waals surface area contributed by atoms with Crippen LogP contribution in [0.15, 0.2) is 77.9 Å². The van der Waals surface area contributed by atoms with Crippen molar-refractivity contribution in [2.45, 2.75) is 26.8 Å². The molecule has 0 aliphatic carbocycles. The van der Waals surface area contributed by atoms with E-state index in [0.29, 0.717) is 33.1 Å². The summed E-state index contributed by atoms with van der Waals surface area (Å²) in [5.74, 6) is 0.178. The molecule has 0 unspecified atom stereocenters. The van der Waals surface area contributed by atoms with Gasteiger partial charge in [-0.25, -0.2) is 9.36 Å². The summed E-state index contributed by atoms with van der Waals surface area (Å²) in [6.07, 6.45) is 3.70. The average Bonchev–Trinajstić information content (AvgIpc) is 3.51. The molecule has 35 heavy (non-hydrogen) atoms. The second-order valence-electron chi connectivity index (χ2n) is 8.37. The number of para-hydroxylation sites is 1. The molecule has 1 atom stereocenters. The summed E-state index contributed by atoms with van der Waals surface area (Å²) >= 11 is 6.29. The van der Waals surface area contributed by atoms with E-state index in [4.69, 9.17) is 16.7 Å². The summed E-state index contributed by atoms with van der Waals surface area (Å²) < 4.78 is 4.77. The number of aryl methyl sites for hydroxylation is 2. The third-order valence-electron chi connectivity index (χ3n) is 5.86. The molecular formula is C26H23ClN6O2. The van der Waals surface area contributed by atoms with E-state index in [2.05, 4.69) is 10.4 Å². The molecule has 3 heterocycles. The first-order valence-electron chi connectivity index (χ1n) is 11.1. The number of hydrogen-bond acceptors (Lipinski definition) is 4. The standard InChI is InChI=1S/C26H23ClN6O2/c1-16-11-12-21(20(27)15-16)28-24(34)18(3)32-26(35)22-23(17(2)29-32)30-33(19-9-5-4-6-10-19)25(22)31-13-7-8-14-31/h4-15,18H,1-3H3,(H,28,34)/t18-/m0/s1. The Balaban J connectivity index is 1.65. The molecule has 0 radical (unpaired) electrons. The lowest BCUT2D eigenvalue weighted by Gasteiger charge is -2.16. The van der Waals surface area contributed by atoms with Crippen LogP contribution in [-0.2, 0) is 4.79 Å². The molecule has 1 amide bonds. The Kier molecular flexibility index (Phi) is 5.74. The van der Waals surface area contributed by atoms with Gasteiger partial charge in [0.2, 0.25) is 5.91 Å². The molecule has 2 aromatic carbocycles. The number of amides is 1. The zero-order chi connectivity index (χ0) is 24.7. The molecule has 0 saturated carbocycles. The highest BCUT2D eigenvalue weighted by atomic mass is 35.5. The number of nitrogens with zero attached hydrogens (tertiary/aromatic N) is 5. The number of carbonyl (C=O) groups excluding carboxylic acids is 1. The Labute approximate surface area is 206 Å². The normalized spacial score (nSPS) is 12.1. The largest absolute Gasteiger partial charge is 0.323 e. The van der Waals surface area contributed by atoms with Crippen molar-refractivity contribution < 1.29 is 4.79 Å². The van der Waals surface area contributed by atoms with E-state index in [1.165, 1.54) is 4.68 Å². The minimum atomic E-state index is -0.888. The highest BCUT2D eigenvalue weighted by Crippen LogP contribution is 2.26. The summed E-state index contributed by atoms with van der Waals surface area (Å²) in [5, 5.41) is 12.8. The number of carbonyl (C=O) groups is 1. The van der Waals surface area contributed by atoms with Crippen LogP contribution >= 0.6 is 11.6 Å². The van der Waals surface area contributed by atoms with Gasteiger partial charge in [-0.3, -0.25) is 9.59 Å². The molecule has 5 rings (SSSR count). The van der Waals surface area contributed by atoms with E-state index in [1.807, 2.05) is 72.4 Å². The zero-order valence-electron chi connectivity index (χ0n) is 19.4. The maximum atomic E-state index is 13.8. The van der Waals surface area contributed by atoms with Gasteiger partial charge in [0.25, 0.3) is 5.56 Å². The molecule has 0 saturated heterocycles. The summed E-state index contributed by atoms with van der Waals surface area (Å²) in [5.41, 5.74) is 2.87. The number of benzene rings is 2. The maximum absolute atomic E-state index is 13.8. The van der Waals surface area contributed by atoms with Crippen molar-refractivity contribution in [3.63, 3.8) is 0 Å². The van der Waals surface area contributed by atoms with E-state index >= 15 is 0 Å². The van der Waals surface area contributed by atoms with Gasteiger partial charge in [-0.05, 0) is 62.7 Å². The van der Waals surface area contributed by atoms with E-state index in [9.17, 15) is 9.59 Å². The van der Waals surface area contributed by atoms with Crippen LogP contribution in [0.2, 0.25) is 5.02 Å². The zero-order valence-corrected chi connectivity index (χ0v) is 20.2. The predicted octanol–water partition coefficient (Wildman–Crippen LogP) is 4.84. The average molecular weight is 487 g/mol. The van der Waals surface area contributed by atoms with Crippen molar-refractivity contribution in [3.8, 4) is 11.5 Å². The van der Waals surface area contributed by atoms with Gasteiger partial charge in [0, 0.05) is 12.4 Å². The third kappa shape index (κ3) is 4.02. The van der Waals surface area contributed by atoms with Gasteiger partial charge in [-0.15, -0.1) is 0 Å². The molecular weight excluding hydrogens is 464 g/mol. The van der Waals surface area contributed by atoms with Crippen LogP contribution in [0.1, 0.15) is 24.2 Å². The Bertz CT molecular complexity index is 1600. The molecule has 5 aromatic rings. The molecule has 1 N–H and O–H groups in total. The molecule has 0 aliphatic rings. The molecule has 176 valence electrons. The lowest BCUT2D eigenvalue weighted by Crippen LogP contribution is -2.34. The Morgan fingerprint density at radius 3 is 2.40 bits per heavy atom. The number of fused-ring (bicyclic) bond motifs is 1. The van der Waals surface area contributed by atoms with Crippen LogP contribution in [0.25, 0.3) is 22.4 Å². The fraction of sp³-hybridized carbons (Fsp3) is 0.154. The first-order valence-corrected chi connectivity index (χ1v) is 11.5. The van der Waals surface area contributed by atoms with Gasteiger partial charge in [0.15, 0.2) is 5.82 Å². The van der Waals surface area contributed by atoms with Crippen LogP contribution in [0.5, 0.6) is 0 Å². The molecule has 0 bridgehead atoms. The predicted molar refractivity (Wildman–Crippen MR) is 137 cm³/mol. The number of rotatable bonds is 5. The lowest BCUT2D eigenvalue weighted by atomic mass is 10.2. The highest BCUT2D eigenvalue weighted by molar-refractivity contribution is 6.33. The number of aromatic nitrogens is 5. The summed E-state index contributed by atoms with van der Waals surface area (Å²) in [4.78, 5) is 26.9. The van der Waals surface area contributed by atoms with Crippen LogP contribution < -0.4 is 10.9 Å². The fourth-order valence-electron chi connectivity index (χ4n) is 4.02. The fourth-order valence-corrected chi connectivity index (χ4v) is 4.31. The number of hydrogen-bond donors (Lipinski definition) is 1. The Morgan fingerprint density at radius 1 is 1.00 bits per heavy atom. The van der Waals surface area contributed by atoms with Crippen molar-refractivity contribution in [2.24, 2.45) is 0 Å². The molecule has 3 aromatic heterocycles. The van der Waals surface area contributed by atoms with Crippen molar-refractivity contribution in [2.75, 3.05) is 5.32 Å². The lowest BCUT2D eigenvalue weighted by molar-refractivity contribution is -0.119. The second kappa shape index (κ2) is 8.88. The molecule has 0 spiro atoms. The van der Waals surface area contributed by atoms with Gasteiger partial charge in [0.05, 0.1) is 22.1 Å². The summed E-state index contributed by atoms with van der Waals surface area (Å²) in [6, 6.07) is 17.8. The second-order valence-corrected chi connectivity index (χ2v) is 8.78. The molecule has 8 nitrogen and oxygen atoms in total. The third-order valence-corrected chi connectivity index (χ3v) is 6.17. The first kappa shape index (κ1) is 22.6. The van der Waals surface area contributed by atoms with E-state index in [1.54, 1.807) is 30.7 Å². The van der Waals surface area contributed by atoms with Gasteiger partial charge in [0.1, 0.15) is 16.9 Å². The van der Waals surface area contributed by atoms with Gasteiger partial charge in [-0.1, -0.05) is 35.9 Å². The van der Waals surface area contributed by atoms with Crippen molar-refractivity contribution in [1.29, 1.82) is 0 Å². The van der Waals surface area contributed by atoms with E-state index in [-0.39, 0.29) is 0 Å². The number of nitrogens with one attached hydrogen (secondary N) is 1. The van der Waals surface area contributed by atoms with Gasteiger partial charge < -0.3 is 9.88 Å². The van der Waals surface area contributed by atoms with E-state index < -0.39 is 17.5 Å². The first-order chi connectivity index (χ1) is 16.8. The topological polar surface area (TPSA) is 86.7 Å². The molecule has 0 aliphatic heterocycles. The van der Waals surface area contributed by atoms with Crippen LogP contribution in [-0.4, -0.2) is 30.0 Å². The number of halogens is 1. The Hall–Kier alpha value is -4.17. The number of anilines is 1. The van der Waals surface area contributed by atoms with Crippen LogP contribution in [0.3, 0.4) is 0 Å². The highest BCUT2D eigenvalue weighted by Gasteiger charge is 2.25. The smallest absolute Gasteiger partial charge is 0.280 e. The van der Waals surface area contributed by atoms with Crippen LogP contribution in [0, 0.1) is 13.8 Å². The SMILES string of the molecule is Cc1ccc(NC(=O)[C@H](C)n2nc(C)c3nn(-c4ccccc4)c(-n4cccc4)c3c2=O)c(Cl)c1. The summed E-state index contributed by atoms with van der Waals surface area (Å²) in [6.45, 7) is 5.33. The Morgan fingerprint density at radius 2 is 1.71 bits per heavy atom. The van der Waals surface area contributed by atoms with Crippen molar-refractivity contribution >= 4 is 34.1 Å². The quantitative estimate of drug-likeness (QED) is 0.385. The minimum Gasteiger partial charge on any atom is -0.323 e. The summed E-state index contributed by atoms with van der Waals surface area (Å²) in [7, 11) is 0. The van der Waals surface area contributed by atoms with Gasteiger partial charge in [-0.2, -0.15) is 10.2 Å². The minimum absolute atomic E-state index is 0.380. The van der Waals surface area contributed by atoms with E-state index in [0.717, 1.165) is 11.3 Å². The monoisotopic (exact) mass is 486 g/mol. The van der Waals surface area contributed by atoms with Crippen LogP contribution in [0.4, 0.5) is 5.69 Å². The molecule has 0 fully saturated rings. The maximum Gasteiger partial charge on any atom is 0.280 e. The van der Waals surface area contributed by atoms with Gasteiger partial charge >= 0.3 is 0 Å². The van der Waals surface area contributed by atoms with Crippen molar-refractivity contribution in [1.82, 2.24) is 24.1 Å². The van der Waals surface area contributed by atoms with Crippen molar-refractivity contribution in [3.05, 3.63) is 99.7 Å².